The molecule has 1 N–H and O–H groups in total. The second-order valence-corrected chi connectivity index (χ2v) is 3.75. The molecule has 0 aliphatic rings. The molecule has 0 heterocycles. The number of hydrogen-bond donors (Lipinski definition) is 1. The molecule has 0 radical (unpaired) electrons. The van der Waals surface area contributed by atoms with Gasteiger partial charge < -0.3 is 9.84 Å². The number of rotatable bonds is 5. The average Bonchev–Trinajstić information content (AvgIpc) is 2.33. The molecule has 7 heteroatoms. The second-order valence-electron chi connectivity index (χ2n) is 3.75. The summed E-state index contributed by atoms with van der Waals surface area (Å²) >= 11 is 0. The molecule has 0 aromatic heterocycles. The Bertz CT molecular complexity index is 442. The summed E-state index contributed by atoms with van der Waals surface area (Å²) < 4.78 is 39.8. The number of alkyl halides is 3. The molecule has 4 nitrogen and oxygen atoms in total. The van der Waals surface area contributed by atoms with Gasteiger partial charge in [-0.25, -0.2) is 9.59 Å². The van der Waals surface area contributed by atoms with Crippen LogP contribution in [-0.4, -0.2) is 29.3 Å². The maximum absolute atomic E-state index is 12.0. The molecule has 0 saturated carbocycles. The normalized spacial score (nSPS) is 12.8. The van der Waals surface area contributed by atoms with Gasteiger partial charge in [0, 0.05) is 0 Å². The molecule has 104 valence electrons. The first-order valence-electron chi connectivity index (χ1n) is 5.35. The summed E-state index contributed by atoms with van der Waals surface area (Å²) in [6.07, 6.45) is -7.03. The minimum atomic E-state index is -5.19. The molecule has 0 aliphatic heterocycles. The molecule has 1 aromatic carbocycles. The third-order valence-electron chi connectivity index (χ3n) is 2.29. The van der Waals surface area contributed by atoms with Gasteiger partial charge in [0.1, 0.15) is 0 Å². The Morgan fingerprint density at radius 1 is 1.21 bits per heavy atom. The Morgan fingerprint density at radius 3 is 2.26 bits per heavy atom. The SMILES string of the molecule is O=C(O)[C@@H](CCc1ccccc1)OC(=O)C(F)(F)F. The van der Waals surface area contributed by atoms with Gasteiger partial charge in [-0.05, 0) is 18.4 Å². The minimum absolute atomic E-state index is 0.197. The van der Waals surface area contributed by atoms with Crippen molar-refractivity contribution in [1.82, 2.24) is 0 Å². The number of carboxylic acid groups (broad SMARTS) is 1. The van der Waals surface area contributed by atoms with E-state index < -0.39 is 24.2 Å². The van der Waals surface area contributed by atoms with Crippen LogP contribution in [0.25, 0.3) is 0 Å². The summed E-state index contributed by atoms with van der Waals surface area (Å²) in [5, 5.41) is 8.72. The summed E-state index contributed by atoms with van der Waals surface area (Å²) in [5.41, 5.74) is 0.747. The molecule has 19 heavy (non-hydrogen) atoms. The first-order chi connectivity index (χ1) is 8.80. The van der Waals surface area contributed by atoms with Crippen molar-refractivity contribution in [2.24, 2.45) is 0 Å². The standard InChI is InChI=1S/C12H11F3O4/c13-12(14,15)11(18)19-9(10(16)17)7-6-8-4-2-1-3-5-8/h1-5,9H,6-7H2,(H,16,17)/t9-/m1/s1. The quantitative estimate of drug-likeness (QED) is 0.837. The number of aryl methyl sites for hydroxylation is 1. The minimum Gasteiger partial charge on any atom is -0.479 e. The van der Waals surface area contributed by atoms with E-state index in [0.717, 1.165) is 5.56 Å². The van der Waals surface area contributed by atoms with Crippen molar-refractivity contribution in [3.8, 4) is 0 Å². The van der Waals surface area contributed by atoms with E-state index in [1.165, 1.54) is 0 Å². The number of carbonyl (C=O) groups is 2. The Balaban J connectivity index is 2.59. The van der Waals surface area contributed by atoms with E-state index in [-0.39, 0.29) is 12.8 Å². The number of aliphatic carboxylic acids is 1. The maximum Gasteiger partial charge on any atom is 0.490 e. The highest BCUT2D eigenvalue weighted by molar-refractivity contribution is 5.80. The van der Waals surface area contributed by atoms with Gasteiger partial charge in [0.25, 0.3) is 0 Å². The van der Waals surface area contributed by atoms with Crippen molar-refractivity contribution >= 4 is 11.9 Å². The number of ether oxygens (including phenoxy) is 1. The van der Waals surface area contributed by atoms with Crippen LogP contribution in [0.1, 0.15) is 12.0 Å². The summed E-state index contributed by atoms with van der Waals surface area (Å²) in [4.78, 5) is 21.3. The van der Waals surface area contributed by atoms with Crippen LogP contribution >= 0.6 is 0 Å². The molecular weight excluding hydrogens is 265 g/mol. The number of benzene rings is 1. The zero-order chi connectivity index (χ0) is 14.5. The van der Waals surface area contributed by atoms with Crippen LogP contribution in [0, 0.1) is 0 Å². The molecule has 0 amide bonds. The van der Waals surface area contributed by atoms with Crippen LogP contribution in [-0.2, 0) is 20.7 Å². The fourth-order valence-corrected chi connectivity index (χ4v) is 1.37. The topological polar surface area (TPSA) is 63.6 Å². The van der Waals surface area contributed by atoms with Gasteiger partial charge in [-0.2, -0.15) is 13.2 Å². The van der Waals surface area contributed by atoms with Crippen molar-refractivity contribution in [3.63, 3.8) is 0 Å². The predicted molar refractivity (Wildman–Crippen MR) is 58.3 cm³/mol. The van der Waals surface area contributed by atoms with Gasteiger partial charge in [0.2, 0.25) is 0 Å². The van der Waals surface area contributed by atoms with Crippen LogP contribution in [0.4, 0.5) is 13.2 Å². The van der Waals surface area contributed by atoms with Gasteiger partial charge in [-0.1, -0.05) is 30.3 Å². The van der Waals surface area contributed by atoms with Gasteiger partial charge in [-0.3, -0.25) is 0 Å². The van der Waals surface area contributed by atoms with Crippen LogP contribution in [0.15, 0.2) is 30.3 Å². The van der Waals surface area contributed by atoms with E-state index in [0.29, 0.717) is 0 Å². The highest BCUT2D eigenvalue weighted by Gasteiger charge is 2.43. The molecule has 1 atom stereocenters. The van der Waals surface area contributed by atoms with Crippen molar-refractivity contribution in [1.29, 1.82) is 0 Å². The summed E-state index contributed by atoms with van der Waals surface area (Å²) in [6, 6.07) is 8.58. The van der Waals surface area contributed by atoms with E-state index >= 15 is 0 Å². The van der Waals surface area contributed by atoms with E-state index in [9.17, 15) is 22.8 Å². The monoisotopic (exact) mass is 276 g/mol. The van der Waals surface area contributed by atoms with E-state index in [1.807, 2.05) is 0 Å². The molecule has 0 unspecified atom stereocenters. The fourth-order valence-electron chi connectivity index (χ4n) is 1.37. The molecule has 0 spiro atoms. The largest absolute Gasteiger partial charge is 0.490 e. The number of esters is 1. The van der Waals surface area contributed by atoms with Crippen LogP contribution < -0.4 is 0 Å². The molecule has 1 rings (SSSR count). The van der Waals surface area contributed by atoms with Gasteiger partial charge in [0.15, 0.2) is 6.10 Å². The molecule has 0 saturated heterocycles. The lowest BCUT2D eigenvalue weighted by Gasteiger charge is -2.14. The lowest BCUT2D eigenvalue weighted by molar-refractivity contribution is -0.207. The van der Waals surface area contributed by atoms with E-state index in [2.05, 4.69) is 4.74 Å². The van der Waals surface area contributed by atoms with Crippen molar-refractivity contribution < 1.29 is 32.6 Å². The second kappa shape index (κ2) is 6.21. The Kier molecular flexibility index (Phi) is 4.91. The Morgan fingerprint density at radius 2 is 1.79 bits per heavy atom. The summed E-state index contributed by atoms with van der Waals surface area (Å²) in [5.74, 6) is -4.10. The molecule has 0 fully saturated rings. The molecule has 0 aliphatic carbocycles. The fraction of sp³-hybridized carbons (Fsp3) is 0.333. The lowest BCUT2D eigenvalue weighted by Crippen LogP contribution is -2.34. The Labute approximate surface area is 106 Å². The van der Waals surface area contributed by atoms with Gasteiger partial charge >= 0.3 is 18.1 Å². The number of carbonyl (C=O) groups excluding carboxylic acids is 1. The van der Waals surface area contributed by atoms with Gasteiger partial charge in [-0.15, -0.1) is 0 Å². The lowest BCUT2D eigenvalue weighted by atomic mass is 10.1. The number of halogens is 3. The zero-order valence-electron chi connectivity index (χ0n) is 9.68. The average molecular weight is 276 g/mol. The highest BCUT2D eigenvalue weighted by atomic mass is 19.4. The van der Waals surface area contributed by atoms with Crippen LogP contribution in [0.5, 0.6) is 0 Å². The van der Waals surface area contributed by atoms with E-state index in [1.54, 1.807) is 30.3 Å². The van der Waals surface area contributed by atoms with Gasteiger partial charge in [0.05, 0.1) is 0 Å². The third-order valence-corrected chi connectivity index (χ3v) is 2.29. The Hall–Kier alpha value is -2.05. The number of hydrogen-bond acceptors (Lipinski definition) is 3. The maximum atomic E-state index is 12.0. The van der Waals surface area contributed by atoms with Crippen molar-refractivity contribution in [2.45, 2.75) is 25.1 Å². The highest BCUT2D eigenvalue weighted by Crippen LogP contribution is 2.19. The summed E-state index contributed by atoms with van der Waals surface area (Å²) in [6.45, 7) is 0. The number of carboxylic acids is 1. The van der Waals surface area contributed by atoms with Crippen LogP contribution in [0.2, 0.25) is 0 Å². The summed E-state index contributed by atoms with van der Waals surface area (Å²) in [7, 11) is 0. The first kappa shape index (κ1) is 15.0. The molecular formula is C12H11F3O4. The first-order valence-corrected chi connectivity index (χ1v) is 5.35. The van der Waals surface area contributed by atoms with E-state index in [4.69, 9.17) is 5.11 Å². The van der Waals surface area contributed by atoms with Crippen LogP contribution in [0.3, 0.4) is 0 Å². The third kappa shape index (κ3) is 4.99. The molecule has 0 bridgehead atoms. The smallest absolute Gasteiger partial charge is 0.479 e. The molecule has 1 aromatic rings. The van der Waals surface area contributed by atoms with Crippen molar-refractivity contribution in [2.75, 3.05) is 0 Å². The predicted octanol–water partition coefficient (Wildman–Crippen LogP) is 2.18. The van der Waals surface area contributed by atoms with Crippen molar-refractivity contribution in [3.05, 3.63) is 35.9 Å². The zero-order valence-corrected chi connectivity index (χ0v) is 9.68.